The van der Waals surface area contributed by atoms with Crippen molar-refractivity contribution in [3.63, 3.8) is 0 Å². The maximum atomic E-state index is 12.6. The lowest BCUT2D eigenvalue weighted by Gasteiger charge is -2.18. The third kappa shape index (κ3) is 42.1. The zero-order chi connectivity index (χ0) is 40.1. The molecule has 0 aliphatic carbocycles. The molecule has 0 aliphatic heterocycles. The van der Waals surface area contributed by atoms with Crippen molar-refractivity contribution in [3.8, 4) is 0 Å². The quantitative estimate of drug-likeness (QED) is 0.0267. The number of unbranched alkanes of at least 4 members (excludes halogenated alkanes) is 19. The molecule has 55 heavy (non-hydrogen) atoms. The second kappa shape index (κ2) is 43.8. The Morgan fingerprint density at radius 2 is 0.727 bits per heavy atom. The molecule has 0 rings (SSSR count). The molecule has 0 aromatic heterocycles. The van der Waals surface area contributed by atoms with Gasteiger partial charge >= 0.3 is 17.9 Å². The first-order valence-electron chi connectivity index (χ1n) is 22.8. The number of hydrogen-bond donors (Lipinski definition) is 0. The van der Waals surface area contributed by atoms with Crippen molar-refractivity contribution in [1.29, 1.82) is 0 Å². The van der Waals surface area contributed by atoms with E-state index in [-0.39, 0.29) is 37.5 Å². The van der Waals surface area contributed by atoms with Gasteiger partial charge in [0.25, 0.3) is 0 Å². The first-order chi connectivity index (χ1) is 27.0. The smallest absolute Gasteiger partial charge is 0.306 e. The maximum absolute atomic E-state index is 12.6. The van der Waals surface area contributed by atoms with Crippen molar-refractivity contribution in [2.45, 2.75) is 219 Å². The number of ether oxygens (including phenoxy) is 3. The number of carbonyl (C=O) groups excluding carboxylic acids is 3. The van der Waals surface area contributed by atoms with Crippen LogP contribution in [0.4, 0.5) is 0 Å². The van der Waals surface area contributed by atoms with Gasteiger partial charge in [0.15, 0.2) is 6.10 Å². The molecular weight excluding hydrogens is 685 g/mol. The summed E-state index contributed by atoms with van der Waals surface area (Å²) in [7, 11) is 0. The Kier molecular flexibility index (Phi) is 41.5. The van der Waals surface area contributed by atoms with Crippen LogP contribution in [0, 0.1) is 0 Å². The van der Waals surface area contributed by atoms with Crippen LogP contribution >= 0.6 is 0 Å². The van der Waals surface area contributed by atoms with Gasteiger partial charge in [-0.25, -0.2) is 0 Å². The first-order valence-corrected chi connectivity index (χ1v) is 22.8. The van der Waals surface area contributed by atoms with Gasteiger partial charge in [-0.05, 0) is 89.9 Å². The summed E-state index contributed by atoms with van der Waals surface area (Å²) in [5.74, 6) is -1.01. The average Bonchev–Trinajstić information content (AvgIpc) is 3.18. The zero-order valence-electron chi connectivity index (χ0n) is 35.9. The van der Waals surface area contributed by atoms with Crippen LogP contribution in [0.1, 0.15) is 213 Å². The van der Waals surface area contributed by atoms with Crippen molar-refractivity contribution >= 4 is 17.9 Å². The molecule has 0 radical (unpaired) electrons. The molecule has 0 aliphatic rings. The molecule has 0 aromatic rings. The van der Waals surface area contributed by atoms with Crippen molar-refractivity contribution < 1.29 is 28.6 Å². The normalized spacial score (nSPS) is 12.6. The minimum atomic E-state index is -0.809. The molecular formula is C49H84O6. The van der Waals surface area contributed by atoms with E-state index in [1.165, 1.54) is 103 Å². The Bertz CT molecular complexity index is 1020. The molecule has 0 bridgehead atoms. The number of esters is 3. The van der Waals surface area contributed by atoms with Crippen LogP contribution in [0.15, 0.2) is 60.8 Å². The van der Waals surface area contributed by atoms with Crippen molar-refractivity contribution in [2.75, 3.05) is 13.2 Å². The standard InChI is InChI=1S/C49H84O6/c1-4-7-10-13-16-19-21-22-23-24-25-26-28-30-33-36-39-42-48(51)54-45-46(44-53-47(50)41-38-35-32-29-18-15-12-9-6-3)55-49(52)43-40-37-34-31-27-20-17-14-11-8-5-2/h8,11,17,20,22-23,29,31-32,34,46H,4-7,9-10,12-16,18-19,21,24-28,30,33,35-45H2,1-3H3/b11-8-,20-17-,23-22-,32-29-,34-31-. The molecule has 0 saturated heterocycles. The van der Waals surface area contributed by atoms with Gasteiger partial charge in [0.2, 0.25) is 0 Å². The van der Waals surface area contributed by atoms with Crippen LogP contribution in [0.3, 0.4) is 0 Å². The van der Waals surface area contributed by atoms with E-state index in [0.717, 1.165) is 57.8 Å². The van der Waals surface area contributed by atoms with E-state index in [2.05, 4.69) is 81.5 Å². The van der Waals surface area contributed by atoms with Crippen LogP contribution in [-0.2, 0) is 28.6 Å². The number of carbonyl (C=O) groups is 3. The topological polar surface area (TPSA) is 78.9 Å². The van der Waals surface area contributed by atoms with Gasteiger partial charge in [-0.2, -0.15) is 0 Å². The third-order valence-electron chi connectivity index (χ3n) is 9.48. The molecule has 316 valence electrons. The molecule has 0 aromatic carbocycles. The summed E-state index contributed by atoms with van der Waals surface area (Å²) in [6, 6.07) is 0. The van der Waals surface area contributed by atoms with Crippen LogP contribution in [-0.4, -0.2) is 37.2 Å². The van der Waals surface area contributed by atoms with Crippen LogP contribution < -0.4 is 0 Å². The lowest BCUT2D eigenvalue weighted by molar-refractivity contribution is -0.167. The summed E-state index contributed by atoms with van der Waals surface area (Å²) in [4.78, 5) is 37.6. The fourth-order valence-electron chi connectivity index (χ4n) is 6.05. The van der Waals surface area contributed by atoms with E-state index in [4.69, 9.17) is 14.2 Å². The molecule has 6 nitrogen and oxygen atoms in total. The molecule has 0 saturated carbocycles. The van der Waals surface area contributed by atoms with Gasteiger partial charge in [0.1, 0.15) is 13.2 Å². The summed E-state index contributed by atoms with van der Waals surface area (Å²) in [6.45, 7) is 6.39. The summed E-state index contributed by atoms with van der Waals surface area (Å²) in [5, 5.41) is 0. The largest absolute Gasteiger partial charge is 0.462 e. The fraction of sp³-hybridized carbons (Fsp3) is 0.735. The fourth-order valence-corrected chi connectivity index (χ4v) is 6.05. The van der Waals surface area contributed by atoms with E-state index < -0.39 is 6.10 Å². The summed E-state index contributed by atoms with van der Waals surface area (Å²) in [6.07, 6.45) is 52.3. The monoisotopic (exact) mass is 769 g/mol. The maximum Gasteiger partial charge on any atom is 0.306 e. The van der Waals surface area contributed by atoms with Gasteiger partial charge < -0.3 is 14.2 Å². The van der Waals surface area contributed by atoms with Crippen LogP contribution in [0.2, 0.25) is 0 Å². The van der Waals surface area contributed by atoms with E-state index in [0.29, 0.717) is 25.7 Å². The first kappa shape index (κ1) is 52.1. The van der Waals surface area contributed by atoms with E-state index >= 15 is 0 Å². The highest BCUT2D eigenvalue weighted by Gasteiger charge is 2.19. The minimum absolute atomic E-state index is 0.105. The van der Waals surface area contributed by atoms with E-state index in [9.17, 15) is 14.4 Å². The molecule has 0 spiro atoms. The van der Waals surface area contributed by atoms with Crippen LogP contribution in [0.5, 0.6) is 0 Å². The predicted molar refractivity (Wildman–Crippen MR) is 233 cm³/mol. The van der Waals surface area contributed by atoms with Gasteiger partial charge in [-0.15, -0.1) is 0 Å². The second-order valence-electron chi connectivity index (χ2n) is 14.9. The summed E-state index contributed by atoms with van der Waals surface area (Å²) in [5.41, 5.74) is 0. The molecule has 0 N–H and O–H groups in total. The second-order valence-corrected chi connectivity index (χ2v) is 14.9. The number of rotatable bonds is 40. The highest BCUT2D eigenvalue weighted by atomic mass is 16.6. The average molecular weight is 769 g/mol. The Morgan fingerprint density at radius 1 is 0.382 bits per heavy atom. The zero-order valence-corrected chi connectivity index (χ0v) is 35.9. The molecule has 0 fully saturated rings. The van der Waals surface area contributed by atoms with Crippen molar-refractivity contribution in [2.24, 2.45) is 0 Å². The van der Waals surface area contributed by atoms with E-state index in [1.807, 2.05) is 0 Å². The van der Waals surface area contributed by atoms with Gasteiger partial charge in [0.05, 0.1) is 0 Å². The third-order valence-corrected chi connectivity index (χ3v) is 9.48. The lowest BCUT2D eigenvalue weighted by Crippen LogP contribution is -2.30. The van der Waals surface area contributed by atoms with Crippen LogP contribution in [0.25, 0.3) is 0 Å². The number of hydrogen-bond acceptors (Lipinski definition) is 6. The van der Waals surface area contributed by atoms with E-state index in [1.54, 1.807) is 0 Å². The summed E-state index contributed by atoms with van der Waals surface area (Å²) < 4.78 is 16.6. The predicted octanol–water partition coefficient (Wildman–Crippen LogP) is 14.5. The lowest BCUT2D eigenvalue weighted by atomic mass is 10.1. The highest BCUT2D eigenvalue weighted by Crippen LogP contribution is 2.13. The molecule has 6 heteroatoms. The van der Waals surface area contributed by atoms with Gasteiger partial charge in [-0.1, -0.05) is 165 Å². The van der Waals surface area contributed by atoms with Gasteiger partial charge in [0, 0.05) is 19.3 Å². The Morgan fingerprint density at radius 3 is 1.22 bits per heavy atom. The Balaban J connectivity index is 4.39. The van der Waals surface area contributed by atoms with Crippen molar-refractivity contribution in [1.82, 2.24) is 0 Å². The number of allylic oxidation sites excluding steroid dienone is 10. The molecule has 0 heterocycles. The SMILES string of the molecule is CC/C=C\C/C=C\C/C=C\CCCC(=O)OC(COC(=O)CCC/C=C\CCCCCC)COC(=O)CCCCCCCCC/C=C\CCCCCCCC. The molecule has 1 atom stereocenters. The Hall–Kier alpha value is -2.89. The van der Waals surface area contributed by atoms with Gasteiger partial charge in [-0.3, -0.25) is 14.4 Å². The van der Waals surface area contributed by atoms with Crippen molar-refractivity contribution in [3.05, 3.63) is 60.8 Å². The summed E-state index contributed by atoms with van der Waals surface area (Å²) >= 11 is 0. The molecule has 1 unspecified atom stereocenters. The Labute approximate surface area is 339 Å². The highest BCUT2D eigenvalue weighted by molar-refractivity contribution is 5.71. The molecule has 0 amide bonds. The minimum Gasteiger partial charge on any atom is -0.462 e.